The average Bonchev–Trinajstić information content (AvgIpc) is 3.08. The van der Waals surface area contributed by atoms with Gasteiger partial charge in [0.1, 0.15) is 17.6 Å². The maximum absolute atomic E-state index is 12.7. The molecule has 0 aromatic carbocycles. The SMILES string of the molecule is Cc1ccc(CN(C)C(=O)[C@H](C)N2C(=O)[C@H]3CC=CC[C@@H]3C2=O)o1. The highest BCUT2D eigenvalue weighted by atomic mass is 16.3. The van der Waals surface area contributed by atoms with Crippen molar-refractivity contribution in [2.24, 2.45) is 11.8 Å². The molecule has 6 heteroatoms. The second-order valence-corrected chi connectivity index (χ2v) is 6.58. The highest BCUT2D eigenvalue weighted by molar-refractivity contribution is 6.08. The van der Waals surface area contributed by atoms with Crippen LogP contribution in [0, 0.1) is 18.8 Å². The van der Waals surface area contributed by atoms with Crippen LogP contribution in [0.15, 0.2) is 28.7 Å². The number of likely N-dealkylation sites (N-methyl/N-ethyl adjacent to an activating group) is 1. The van der Waals surface area contributed by atoms with E-state index in [1.807, 2.05) is 31.2 Å². The van der Waals surface area contributed by atoms with E-state index in [9.17, 15) is 14.4 Å². The summed E-state index contributed by atoms with van der Waals surface area (Å²) in [4.78, 5) is 40.4. The summed E-state index contributed by atoms with van der Waals surface area (Å²) in [5.74, 6) is 0.117. The van der Waals surface area contributed by atoms with Gasteiger partial charge in [-0.1, -0.05) is 12.2 Å². The summed E-state index contributed by atoms with van der Waals surface area (Å²) in [5, 5.41) is 0. The molecule has 0 bridgehead atoms. The van der Waals surface area contributed by atoms with E-state index < -0.39 is 6.04 Å². The van der Waals surface area contributed by atoms with Gasteiger partial charge in [0.05, 0.1) is 18.4 Å². The number of nitrogens with zero attached hydrogens (tertiary/aromatic N) is 2. The maximum atomic E-state index is 12.7. The lowest BCUT2D eigenvalue weighted by atomic mass is 9.85. The van der Waals surface area contributed by atoms with Crippen molar-refractivity contribution in [2.75, 3.05) is 7.05 Å². The minimum Gasteiger partial charge on any atom is -0.464 e. The van der Waals surface area contributed by atoms with Crippen molar-refractivity contribution in [3.63, 3.8) is 0 Å². The van der Waals surface area contributed by atoms with Crippen LogP contribution in [0.25, 0.3) is 0 Å². The van der Waals surface area contributed by atoms with Gasteiger partial charge in [-0.15, -0.1) is 0 Å². The third kappa shape index (κ3) is 2.77. The van der Waals surface area contributed by atoms with Crippen molar-refractivity contribution in [1.82, 2.24) is 9.80 Å². The number of likely N-dealkylation sites (tertiary alicyclic amines) is 1. The summed E-state index contributed by atoms with van der Waals surface area (Å²) < 4.78 is 5.48. The van der Waals surface area contributed by atoms with Gasteiger partial charge in [-0.2, -0.15) is 0 Å². The average molecular weight is 330 g/mol. The zero-order chi connectivity index (χ0) is 17.4. The molecule has 0 N–H and O–H groups in total. The van der Waals surface area contributed by atoms with Crippen molar-refractivity contribution in [3.05, 3.63) is 35.8 Å². The van der Waals surface area contributed by atoms with Crippen molar-refractivity contribution >= 4 is 17.7 Å². The molecule has 0 radical (unpaired) electrons. The fourth-order valence-electron chi connectivity index (χ4n) is 3.52. The van der Waals surface area contributed by atoms with Crippen LogP contribution >= 0.6 is 0 Å². The molecule has 0 saturated carbocycles. The third-order valence-corrected chi connectivity index (χ3v) is 4.85. The summed E-state index contributed by atoms with van der Waals surface area (Å²) in [6.07, 6.45) is 5.03. The second-order valence-electron chi connectivity index (χ2n) is 6.58. The molecule has 3 amide bonds. The Hall–Kier alpha value is -2.37. The van der Waals surface area contributed by atoms with Crippen molar-refractivity contribution in [2.45, 2.75) is 39.3 Å². The zero-order valence-corrected chi connectivity index (χ0v) is 14.2. The van der Waals surface area contributed by atoms with Gasteiger partial charge >= 0.3 is 0 Å². The summed E-state index contributed by atoms with van der Waals surface area (Å²) in [7, 11) is 1.65. The van der Waals surface area contributed by atoms with E-state index in [1.54, 1.807) is 14.0 Å². The second kappa shape index (κ2) is 6.26. The molecule has 0 spiro atoms. The minimum atomic E-state index is -0.795. The highest BCUT2D eigenvalue weighted by Crippen LogP contribution is 2.36. The Morgan fingerprint density at radius 3 is 2.33 bits per heavy atom. The van der Waals surface area contributed by atoms with E-state index >= 15 is 0 Å². The molecule has 1 fully saturated rings. The number of imide groups is 1. The Kier molecular flexibility index (Phi) is 4.30. The van der Waals surface area contributed by atoms with Gasteiger partial charge in [-0.05, 0) is 38.8 Å². The molecule has 1 aromatic heterocycles. The number of allylic oxidation sites excluding steroid dienone is 2. The number of furan rings is 1. The van der Waals surface area contributed by atoms with Crippen LogP contribution in [0.1, 0.15) is 31.3 Å². The maximum Gasteiger partial charge on any atom is 0.245 e. The molecular formula is C18H22N2O4. The fourth-order valence-corrected chi connectivity index (χ4v) is 3.52. The van der Waals surface area contributed by atoms with E-state index in [1.165, 1.54) is 4.90 Å². The molecule has 1 aliphatic heterocycles. The highest BCUT2D eigenvalue weighted by Gasteiger charge is 2.50. The van der Waals surface area contributed by atoms with Crippen LogP contribution in [0.2, 0.25) is 0 Å². The fraction of sp³-hybridized carbons (Fsp3) is 0.500. The molecule has 2 heterocycles. The Balaban J connectivity index is 1.71. The molecule has 128 valence electrons. The number of fused-ring (bicyclic) bond motifs is 1. The standard InChI is InChI=1S/C18H22N2O4/c1-11-8-9-13(24-11)10-19(3)16(21)12(2)20-17(22)14-6-4-5-7-15(14)18(20)23/h4-5,8-9,12,14-15H,6-7,10H2,1-3H3/t12-,14-,15-/m0/s1. The zero-order valence-electron chi connectivity index (χ0n) is 14.2. The van der Waals surface area contributed by atoms with Gasteiger partial charge in [0.2, 0.25) is 17.7 Å². The van der Waals surface area contributed by atoms with E-state index in [-0.39, 0.29) is 29.6 Å². The number of carbonyl (C=O) groups is 3. The molecule has 24 heavy (non-hydrogen) atoms. The molecule has 1 aliphatic carbocycles. The van der Waals surface area contributed by atoms with Crippen LogP contribution in [0.3, 0.4) is 0 Å². The van der Waals surface area contributed by atoms with Gasteiger partial charge in [0.15, 0.2) is 0 Å². The first-order chi connectivity index (χ1) is 11.4. The minimum absolute atomic E-state index is 0.225. The van der Waals surface area contributed by atoms with Crippen molar-refractivity contribution in [3.8, 4) is 0 Å². The summed E-state index contributed by atoms with van der Waals surface area (Å²) >= 11 is 0. The van der Waals surface area contributed by atoms with Crippen molar-refractivity contribution < 1.29 is 18.8 Å². The van der Waals surface area contributed by atoms with Gasteiger partial charge in [-0.3, -0.25) is 19.3 Å². The van der Waals surface area contributed by atoms with Crippen LogP contribution in [0.5, 0.6) is 0 Å². The van der Waals surface area contributed by atoms with Gasteiger partial charge in [-0.25, -0.2) is 0 Å². The van der Waals surface area contributed by atoms with Gasteiger partial charge < -0.3 is 9.32 Å². The van der Waals surface area contributed by atoms with Crippen LogP contribution in [-0.4, -0.2) is 40.6 Å². The van der Waals surface area contributed by atoms with Gasteiger partial charge in [0.25, 0.3) is 0 Å². The molecule has 1 saturated heterocycles. The molecule has 1 aromatic rings. The van der Waals surface area contributed by atoms with Gasteiger partial charge in [0, 0.05) is 7.05 Å². The first-order valence-corrected chi connectivity index (χ1v) is 8.22. The number of amides is 3. The third-order valence-electron chi connectivity index (χ3n) is 4.85. The lowest BCUT2D eigenvalue weighted by Crippen LogP contribution is -2.48. The van der Waals surface area contributed by atoms with Crippen LogP contribution in [-0.2, 0) is 20.9 Å². The number of hydrogen-bond donors (Lipinski definition) is 0. The van der Waals surface area contributed by atoms with Crippen LogP contribution in [0.4, 0.5) is 0 Å². The largest absolute Gasteiger partial charge is 0.464 e. The number of aryl methyl sites for hydroxylation is 1. The molecule has 0 unspecified atom stereocenters. The van der Waals surface area contributed by atoms with E-state index in [2.05, 4.69) is 0 Å². The lowest BCUT2D eigenvalue weighted by molar-refractivity contribution is -0.150. The monoisotopic (exact) mass is 330 g/mol. The molecule has 2 aliphatic rings. The lowest BCUT2D eigenvalue weighted by Gasteiger charge is -2.26. The molecular weight excluding hydrogens is 308 g/mol. The van der Waals surface area contributed by atoms with E-state index in [0.29, 0.717) is 25.1 Å². The van der Waals surface area contributed by atoms with E-state index in [0.717, 1.165) is 10.7 Å². The normalized spacial score (nSPS) is 24.2. The predicted molar refractivity (Wildman–Crippen MR) is 86.6 cm³/mol. The Bertz CT molecular complexity index is 680. The van der Waals surface area contributed by atoms with E-state index in [4.69, 9.17) is 4.42 Å². The Morgan fingerprint density at radius 2 is 1.83 bits per heavy atom. The quantitative estimate of drug-likeness (QED) is 0.624. The molecule has 3 atom stereocenters. The van der Waals surface area contributed by atoms with Crippen molar-refractivity contribution in [1.29, 1.82) is 0 Å². The predicted octanol–water partition coefficient (Wildman–Crippen LogP) is 1.89. The summed E-state index contributed by atoms with van der Waals surface area (Å²) in [5.41, 5.74) is 0. The number of hydrogen-bond acceptors (Lipinski definition) is 4. The number of carbonyl (C=O) groups excluding carboxylic acids is 3. The first-order valence-electron chi connectivity index (χ1n) is 8.22. The molecule has 3 rings (SSSR count). The first kappa shape index (κ1) is 16.5. The summed E-state index contributed by atoms with van der Waals surface area (Å²) in [6.45, 7) is 3.76. The van der Waals surface area contributed by atoms with Crippen LogP contribution < -0.4 is 0 Å². The Morgan fingerprint density at radius 1 is 1.25 bits per heavy atom. The molecule has 6 nitrogen and oxygen atoms in total. The summed E-state index contributed by atoms with van der Waals surface area (Å²) in [6, 6.07) is 2.86. The topological polar surface area (TPSA) is 70.8 Å². The Labute approximate surface area is 141 Å². The number of rotatable bonds is 4. The smallest absolute Gasteiger partial charge is 0.245 e.